The number of nitrogens with one attached hydrogen (secondary N) is 1. The van der Waals surface area contributed by atoms with Crippen molar-refractivity contribution in [3.63, 3.8) is 0 Å². The van der Waals surface area contributed by atoms with Crippen molar-refractivity contribution in [2.75, 3.05) is 6.54 Å². The maximum atomic E-state index is 11.8. The first-order valence-corrected chi connectivity index (χ1v) is 6.46. The van der Waals surface area contributed by atoms with Crippen LogP contribution in [0.5, 0.6) is 5.75 Å². The first-order chi connectivity index (χ1) is 10.1. The summed E-state index contributed by atoms with van der Waals surface area (Å²) in [5.41, 5.74) is 1.55. The molecule has 0 saturated carbocycles. The number of hydrogen-bond donors (Lipinski definition) is 3. The molecule has 2 aromatic carbocycles. The van der Waals surface area contributed by atoms with Crippen LogP contribution in [0.4, 0.5) is 0 Å². The molecule has 0 bridgehead atoms. The van der Waals surface area contributed by atoms with E-state index < -0.39 is 5.97 Å². The molecule has 0 unspecified atom stereocenters. The third kappa shape index (κ3) is 4.07. The summed E-state index contributed by atoms with van der Waals surface area (Å²) < 4.78 is 0. The van der Waals surface area contributed by atoms with Crippen LogP contribution in [0.3, 0.4) is 0 Å². The summed E-state index contributed by atoms with van der Waals surface area (Å²) in [6, 6.07) is 12.6. The van der Waals surface area contributed by atoms with Crippen LogP contribution in [0.15, 0.2) is 48.5 Å². The Kier molecular flexibility index (Phi) is 4.56. The Morgan fingerprint density at radius 1 is 1.00 bits per heavy atom. The first kappa shape index (κ1) is 14.6. The second-order valence-electron chi connectivity index (χ2n) is 4.56. The van der Waals surface area contributed by atoms with E-state index >= 15 is 0 Å². The highest BCUT2D eigenvalue weighted by molar-refractivity contribution is 5.94. The summed E-state index contributed by atoms with van der Waals surface area (Å²) in [7, 11) is 0. The fraction of sp³-hybridized carbons (Fsp3) is 0.125. The lowest BCUT2D eigenvalue weighted by Crippen LogP contribution is -2.25. The minimum atomic E-state index is -0.968. The van der Waals surface area contributed by atoms with E-state index in [1.165, 1.54) is 30.3 Å². The van der Waals surface area contributed by atoms with Crippen molar-refractivity contribution in [1.29, 1.82) is 0 Å². The van der Waals surface area contributed by atoms with Crippen molar-refractivity contribution in [2.45, 2.75) is 6.42 Å². The summed E-state index contributed by atoms with van der Waals surface area (Å²) in [6.07, 6.45) is 0.547. The maximum absolute atomic E-state index is 11.8. The molecule has 0 spiro atoms. The Labute approximate surface area is 121 Å². The normalized spacial score (nSPS) is 10.1. The van der Waals surface area contributed by atoms with E-state index in [1.54, 1.807) is 12.1 Å². The van der Waals surface area contributed by atoms with Crippen molar-refractivity contribution in [3.05, 3.63) is 65.2 Å². The number of aromatic hydroxyl groups is 1. The summed E-state index contributed by atoms with van der Waals surface area (Å²) in [6.45, 7) is 0.406. The van der Waals surface area contributed by atoms with Crippen LogP contribution in [-0.4, -0.2) is 28.6 Å². The molecule has 0 aliphatic heterocycles. The molecule has 0 aliphatic carbocycles. The molecule has 5 nitrogen and oxygen atoms in total. The van der Waals surface area contributed by atoms with E-state index in [0.717, 1.165) is 5.56 Å². The Balaban J connectivity index is 1.89. The highest BCUT2D eigenvalue weighted by atomic mass is 16.4. The monoisotopic (exact) mass is 285 g/mol. The van der Waals surface area contributed by atoms with Gasteiger partial charge in [-0.1, -0.05) is 12.1 Å². The zero-order valence-electron chi connectivity index (χ0n) is 11.2. The molecule has 2 rings (SSSR count). The number of phenols is 1. The van der Waals surface area contributed by atoms with Gasteiger partial charge >= 0.3 is 5.97 Å². The minimum absolute atomic E-state index is 0.108. The predicted molar refractivity (Wildman–Crippen MR) is 77.5 cm³/mol. The second kappa shape index (κ2) is 6.56. The topological polar surface area (TPSA) is 86.6 Å². The number of phenolic OH excluding ortho intramolecular Hbond substituents is 1. The molecule has 108 valence electrons. The summed E-state index contributed by atoms with van der Waals surface area (Å²) >= 11 is 0. The third-order valence-corrected chi connectivity index (χ3v) is 3.00. The van der Waals surface area contributed by atoms with Gasteiger partial charge in [-0.3, -0.25) is 4.79 Å². The Morgan fingerprint density at radius 3 is 2.38 bits per heavy atom. The fourth-order valence-electron chi connectivity index (χ4n) is 1.90. The van der Waals surface area contributed by atoms with Crippen molar-refractivity contribution < 1.29 is 19.8 Å². The summed E-state index contributed by atoms with van der Waals surface area (Å²) in [4.78, 5) is 22.7. The maximum Gasteiger partial charge on any atom is 0.335 e. The fourth-order valence-corrected chi connectivity index (χ4v) is 1.90. The van der Waals surface area contributed by atoms with Gasteiger partial charge in [0.25, 0.3) is 5.91 Å². The molecular formula is C16H15NO4. The van der Waals surface area contributed by atoms with E-state index in [-0.39, 0.29) is 17.2 Å². The van der Waals surface area contributed by atoms with Gasteiger partial charge in [0, 0.05) is 12.1 Å². The molecule has 0 radical (unpaired) electrons. The largest absolute Gasteiger partial charge is 0.508 e. The lowest BCUT2D eigenvalue weighted by molar-refractivity contribution is 0.0696. The summed E-state index contributed by atoms with van der Waals surface area (Å²) in [5, 5.41) is 20.8. The predicted octanol–water partition coefficient (Wildman–Crippen LogP) is 2.06. The van der Waals surface area contributed by atoms with Crippen molar-refractivity contribution in [2.24, 2.45) is 0 Å². The van der Waals surface area contributed by atoms with Crippen molar-refractivity contribution in [1.82, 2.24) is 5.32 Å². The number of benzene rings is 2. The van der Waals surface area contributed by atoms with Crippen molar-refractivity contribution >= 4 is 11.9 Å². The molecule has 1 amide bonds. The van der Waals surface area contributed by atoms with Gasteiger partial charge < -0.3 is 15.5 Å². The number of rotatable bonds is 5. The zero-order chi connectivity index (χ0) is 15.2. The van der Waals surface area contributed by atoms with Crippen LogP contribution in [0.2, 0.25) is 0 Å². The van der Waals surface area contributed by atoms with Gasteiger partial charge in [0.05, 0.1) is 5.56 Å². The number of carboxylic acids is 1. The standard InChI is InChI=1S/C16H15NO4/c18-14-6-4-12(5-7-14)15(19)17-9-8-11-2-1-3-13(10-11)16(20)21/h1-7,10,18H,8-9H2,(H,17,19)(H,20,21). The number of carboxylic acid groups (broad SMARTS) is 1. The van der Waals surface area contributed by atoms with Crippen LogP contribution < -0.4 is 5.32 Å². The van der Waals surface area contributed by atoms with E-state index in [2.05, 4.69) is 5.32 Å². The summed E-state index contributed by atoms with van der Waals surface area (Å²) in [5.74, 6) is -1.09. The zero-order valence-corrected chi connectivity index (χ0v) is 11.2. The van der Waals surface area contributed by atoms with Gasteiger partial charge in [0.1, 0.15) is 5.75 Å². The highest BCUT2D eigenvalue weighted by Gasteiger charge is 2.06. The SMILES string of the molecule is O=C(O)c1cccc(CCNC(=O)c2ccc(O)cc2)c1. The lowest BCUT2D eigenvalue weighted by Gasteiger charge is -2.06. The average Bonchev–Trinajstić information content (AvgIpc) is 2.48. The molecule has 0 fully saturated rings. The Morgan fingerprint density at radius 2 is 1.71 bits per heavy atom. The van der Waals surface area contributed by atoms with Crippen LogP contribution in [0.1, 0.15) is 26.3 Å². The highest BCUT2D eigenvalue weighted by Crippen LogP contribution is 2.09. The number of aromatic carboxylic acids is 1. The van der Waals surface area contributed by atoms with Gasteiger partial charge in [-0.05, 0) is 48.4 Å². The van der Waals surface area contributed by atoms with Crippen LogP contribution >= 0.6 is 0 Å². The minimum Gasteiger partial charge on any atom is -0.508 e. The van der Waals surface area contributed by atoms with Crippen LogP contribution in [-0.2, 0) is 6.42 Å². The number of carbonyl (C=O) groups excluding carboxylic acids is 1. The van der Waals surface area contributed by atoms with Gasteiger partial charge in [0.2, 0.25) is 0 Å². The van der Waals surface area contributed by atoms with Gasteiger partial charge in [-0.25, -0.2) is 4.79 Å². The average molecular weight is 285 g/mol. The van der Waals surface area contributed by atoms with Gasteiger partial charge in [-0.15, -0.1) is 0 Å². The molecule has 0 aromatic heterocycles. The van der Waals surface area contributed by atoms with E-state index in [0.29, 0.717) is 18.5 Å². The van der Waals surface area contributed by atoms with Crippen LogP contribution in [0.25, 0.3) is 0 Å². The number of hydrogen-bond acceptors (Lipinski definition) is 3. The molecule has 5 heteroatoms. The smallest absolute Gasteiger partial charge is 0.335 e. The third-order valence-electron chi connectivity index (χ3n) is 3.00. The lowest BCUT2D eigenvalue weighted by atomic mass is 10.1. The molecule has 0 saturated heterocycles. The number of carbonyl (C=O) groups is 2. The van der Waals surface area contributed by atoms with E-state index in [1.807, 2.05) is 6.07 Å². The molecular weight excluding hydrogens is 270 g/mol. The molecule has 21 heavy (non-hydrogen) atoms. The van der Waals surface area contributed by atoms with Crippen molar-refractivity contribution in [3.8, 4) is 5.75 Å². The molecule has 2 aromatic rings. The Bertz CT molecular complexity index is 650. The Hall–Kier alpha value is -2.82. The molecule has 0 atom stereocenters. The van der Waals surface area contributed by atoms with Gasteiger partial charge in [0.15, 0.2) is 0 Å². The first-order valence-electron chi connectivity index (χ1n) is 6.46. The molecule has 3 N–H and O–H groups in total. The molecule has 0 heterocycles. The quantitative estimate of drug-likeness (QED) is 0.784. The van der Waals surface area contributed by atoms with Crippen LogP contribution in [0, 0.1) is 0 Å². The number of amides is 1. The van der Waals surface area contributed by atoms with E-state index in [9.17, 15) is 9.59 Å². The second-order valence-corrected chi connectivity index (χ2v) is 4.56. The van der Waals surface area contributed by atoms with E-state index in [4.69, 9.17) is 10.2 Å². The van der Waals surface area contributed by atoms with Gasteiger partial charge in [-0.2, -0.15) is 0 Å². The molecule has 0 aliphatic rings.